The van der Waals surface area contributed by atoms with Crippen LogP contribution < -0.4 is 5.32 Å². The maximum Gasteiger partial charge on any atom is 0.306 e. The highest BCUT2D eigenvalue weighted by Crippen LogP contribution is 2.16. The molecule has 1 amide bonds. The fraction of sp³-hybridized carbons (Fsp3) is 0.833. The highest BCUT2D eigenvalue weighted by atomic mass is 16.4. The van der Waals surface area contributed by atoms with Crippen molar-refractivity contribution in [3.63, 3.8) is 0 Å². The Morgan fingerprint density at radius 2 is 2.00 bits per heavy atom. The predicted octanol–water partition coefficient (Wildman–Crippen LogP) is -0.472. The number of hydrogen-bond acceptors (Lipinski definition) is 4. The van der Waals surface area contributed by atoms with Crippen molar-refractivity contribution in [3.8, 4) is 0 Å². The number of aliphatic hydroxyl groups excluding tert-OH is 1. The molecule has 1 heterocycles. The number of nitrogens with one attached hydrogen (secondary N) is 1. The van der Waals surface area contributed by atoms with Crippen LogP contribution in [-0.4, -0.2) is 59.8 Å². The molecular weight excluding hydrogens is 236 g/mol. The molecule has 1 saturated heterocycles. The van der Waals surface area contributed by atoms with Gasteiger partial charge in [-0.1, -0.05) is 6.92 Å². The summed E-state index contributed by atoms with van der Waals surface area (Å²) in [5.41, 5.74) is 0. The zero-order valence-corrected chi connectivity index (χ0v) is 10.8. The minimum Gasteiger partial charge on any atom is -0.481 e. The Bertz CT molecular complexity index is 288. The molecule has 1 aliphatic rings. The lowest BCUT2D eigenvalue weighted by atomic mass is 9.97. The fourth-order valence-corrected chi connectivity index (χ4v) is 1.98. The largest absolute Gasteiger partial charge is 0.481 e. The summed E-state index contributed by atoms with van der Waals surface area (Å²) in [5.74, 6) is -0.937. The van der Waals surface area contributed by atoms with Crippen LogP contribution >= 0.6 is 0 Å². The topological polar surface area (TPSA) is 89.9 Å². The smallest absolute Gasteiger partial charge is 0.306 e. The third-order valence-electron chi connectivity index (χ3n) is 3.28. The van der Waals surface area contributed by atoms with Gasteiger partial charge in [-0.3, -0.25) is 9.59 Å². The summed E-state index contributed by atoms with van der Waals surface area (Å²) >= 11 is 0. The molecule has 3 N–H and O–H groups in total. The lowest BCUT2D eigenvalue weighted by Gasteiger charge is -2.30. The van der Waals surface area contributed by atoms with Gasteiger partial charge in [-0.25, -0.2) is 0 Å². The third kappa shape index (κ3) is 4.62. The molecule has 0 aromatic heterocycles. The number of carbonyl (C=O) groups is 2. The van der Waals surface area contributed by atoms with Crippen LogP contribution in [0.4, 0.5) is 0 Å². The predicted molar refractivity (Wildman–Crippen MR) is 66.1 cm³/mol. The van der Waals surface area contributed by atoms with Crippen LogP contribution in [0, 0.1) is 11.8 Å². The zero-order chi connectivity index (χ0) is 13.5. The molecule has 1 rings (SSSR count). The van der Waals surface area contributed by atoms with E-state index in [2.05, 4.69) is 5.32 Å². The van der Waals surface area contributed by atoms with Crippen molar-refractivity contribution in [2.75, 3.05) is 32.8 Å². The number of rotatable bonds is 6. The average Bonchev–Trinajstić information content (AvgIpc) is 2.38. The van der Waals surface area contributed by atoms with E-state index >= 15 is 0 Å². The third-order valence-corrected chi connectivity index (χ3v) is 3.28. The molecule has 0 aromatic rings. The molecule has 1 aliphatic heterocycles. The number of piperidine rings is 1. The van der Waals surface area contributed by atoms with E-state index in [1.165, 1.54) is 0 Å². The Hall–Kier alpha value is -1.14. The first-order chi connectivity index (χ1) is 8.54. The Labute approximate surface area is 107 Å². The van der Waals surface area contributed by atoms with Crippen LogP contribution in [0.15, 0.2) is 0 Å². The van der Waals surface area contributed by atoms with E-state index in [4.69, 9.17) is 10.2 Å². The van der Waals surface area contributed by atoms with Crippen molar-refractivity contribution in [1.82, 2.24) is 10.2 Å². The number of aliphatic hydroxyl groups is 1. The van der Waals surface area contributed by atoms with Gasteiger partial charge in [-0.05, 0) is 18.8 Å². The van der Waals surface area contributed by atoms with Crippen molar-refractivity contribution in [1.29, 1.82) is 0 Å². The van der Waals surface area contributed by atoms with Gasteiger partial charge in [0.1, 0.15) is 0 Å². The van der Waals surface area contributed by atoms with E-state index in [0.717, 1.165) is 0 Å². The summed E-state index contributed by atoms with van der Waals surface area (Å²) in [6, 6.07) is 0. The van der Waals surface area contributed by atoms with Crippen LogP contribution in [0.2, 0.25) is 0 Å². The van der Waals surface area contributed by atoms with Gasteiger partial charge in [0.2, 0.25) is 5.91 Å². The van der Waals surface area contributed by atoms with E-state index in [9.17, 15) is 9.59 Å². The minimum atomic E-state index is -0.767. The van der Waals surface area contributed by atoms with Crippen LogP contribution in [0.5, 0.6) is 0 Å². The Morgan fingerprint density at radius 3 is 2.50 bits per heavy atom. The average molecular weight is 258 g/mol. The number of carbonyl (C=O) groups excluding carboxylic acids is 1. The lowest BCUT2D eigenvalue weighted by Crippen LogP contribution is -2.44. The first kappa shape index (κ1) is 14.9. The Balaban J connectivity index is 2.22. The molecule has 0 aliphatic carbocycles. The molecule has 6 heteroatoms. The molecule has 1 fully saturated rings. The van der Waals surface area contributed by atoms with Crippen molar-refractivity contribution in [3.05, 3.63) is 0 Å². The number of carboxylic acids is 1. The van der Waals surface area contributed by atoms with Gasteiger partial charge in [-0.2, -0.15) is 0 Å². The summed E-state index contributed by atoms with van der Waals surface area (Å²) in [4.78, 5) is 24.3. The standard InChI is InChI=1S/C12H22N2O4/c1-9(8-15)6-13-7-11(16)14-4-2-10(3-5-14)12(17)18/h9-10,13,15H,2-8H2,1H3,(H,17,18). The lowest BCUT2D eigenvalue weighted by molar-refractivity contribution is -0.145. The van der Waals surface area contributed by atoms with Gasteiger partial charge in [0.05, 0.1) is 12.5 Å². The first-order valence-corrected chi connectivity index (χ1v) is 6.36. The SMILES string of the molecule is CC(CO)CNCC(=O)N1CCC(C(=O)O)CC1. The van der Waals surface area contributed by atoms with E-state index in [1.807, 2.05) is 6.92 Å². The molecule has 0 bridgehead atoms. The van der Waals surface area contributed by atoms with Gasteiger partial charge < -0.3 is 20.4 Å². The Morgan fingerprint density at radius 1 is 1.39 bits per heavy atom. The number of likely N-dealkylation sites (tertiary alicyclic amines) is 1. The van der Waals surface area contributed by atoms with E-state index in [-0.39, 0.29) is 30.9 Å². The highest BCUT2D eigenvalue weighted by Gasteiger charge is 2.26. The normalized spacial score (nSPS) is 18.7. The molecule has 0 aromatic carbocycles. The first-order valence-electron chi connectivity index (χ1n) is 6.36. The molecule has 0 saturated carbocycles. The second kappa shape index (κ2) is 7.33. The molecular formula is C12H22N2O4. The van der Waals surface area contributed by atoms with Gasteiger partial charge in [-0.15, -0.1) is 0 Å². The van der Waals surface area contributed by atoms with E-state index in [1.54, 1.807) is 4.90 Å². The van der Waals surface area contributed by atoms with Crippen molar-refractivity contribution in [2.24, 2.45) is 11.8 Å². The summed E-state index contributed by atoms with van der Waals surface area (Å²) in [6.45, 7) is 3.90. The van der Waals surface area contributed by atoms with E-state index < -0.39 is 5.97 Å². The summed E-state index contributed by atoms with van der Waals surface area (Å²) in [6.07, 6.45) is 1.07. The van der Waals surface area contributed by atoms with Gasteiger partial charge >= 0.3 is 5.97 Å². The van der Waals surface area contributed by atoms with Gasteiger partial charge in [0, 0.05) is 26.2 Å². The summed E-state index contributed by atoms with van der Waals surface area (Å²) in [5, 5.41) is 20.7. The van der Waals surface area contributed by atoms with Gasteiger partial charge in [0.25, 0.3) is 0 Å². The van der Waals surface area contributed by atoms with Crippen LogP contribution in [0.1, 0.15) is 19.8 Å². The number of amides is 1. The molecule has 6 nitrogen and oxygen atoms in total. The summed E-state index contributed by atoms with van der Waals surface area (Å²) in [7, 11) is 0. The molecule has 1 atom stereocenters. The fourth-order valence-electron chi connectivity index (χ4n) is 1.98. The van der Waals surface area contributed by atoms with Crippen molar-refractivity contribution in [2.45, 2.75) is 19.8 Å². The number of hydrogen-bond donors (Lipinski definition) is 3. The van der Waals surface area contributed by atoms with Gasteiger partial charge in [0.15, 0.2) is 0 Å². The van der Waals surface area contributed by atoms with E-state index in [0.29, 0.717) is 32.5 Å². The maximum absolute atomic E-state index is 11.8. The minimum absolute atomic E-state index is 0.00368. The number of carboxylic acid groups (broad SMARTS) is 1. The second-order valence-corrected chi connectivity index (χ2v) is 4.91. The number of nitrogens with zero attached hydrogens (tertiary/aromatic N) is 1. The number of aliphatic carboxylic acids is 1. The zero-order valence-electron chi connectivity index (χ0n) is 10.8. The quantitative estimate of drug-likeness (QED) is 0.599. The van der Waals surface area contributed by atoms with Crippen molar-refractivity contribution < 1.29 is 19.8 Å². The molecule has 18 heavy (non-hydrogen) atoms. The maximum atomic E-state index is 11.8. The molecule has 0 spiro atoms. The highest BCUT2D eigenvalue weighted by molar-refractivity contribution is 5.78. The molecule has 1 unspecified atom stereocenters. The summed E-state index contributed by atoms with van der Waals surface area (Å²) < 4.78 is 0. The Kier molecular flexibility index (Phi) is 6.07. The van der Waals surface area contributed by atoms with Crippen LogP contribution in [-0.2, 0) is 9.59 Å². The second-order valence-electron chi connectivity index (χ2n) is 4.91. The van der Waals surface area contributed by atoms with Crippen LogP contribution in [0.3, 0.4) is 0 Å². The van der Waals surface area contributed by atoms with Crippen molar-refractivity contribution >= 4 is 11.9 Å². The molecule has 104 valence electrons. The van der Waals surface area contributed by atoms with Crippen LogP contribution in [0.25, 0.3) is 0 Å². The monoisotopic (exact) mass is 258 g/mol. The molecule has 0 radical (unpaired) electrons.